The molecule has 1 amide bonds. The topological polar surface area (TPSA) is 66.5 Å². The Bertz CT molecular complexity index is 860. The fraction of sp³-hybridized carbons (Fsp3) is 0.167. The van der Waals surface area contributed by atoms with Crippen molar-refractivity contribution in [1.82, 2.24) is 5.32 Å². The summed E-state index contributed by atoms with van der Waals surface area (Å²) in [4.78, 5) is 12.1. The minimum absolute atomic E-state index is 0.0690. The van der Waals surface area contributed by atoms with Crippen molar-refractivity contribution < 1.29 is 13.2 Å². The zero-order valence-corrected chi connectivity index (χ0v) is 14.5. The van der Waals surface area contributed by atoms with Crippen LogP contribution in [-0.4, -0.2) is 27.9 Å². The molecule has 0 aliphatic carbocycles. The van der Waals surface area contributed by atoms with Crippen LogP contribution in [0.3, 0.4) is 0 Å². The lowest BCUT2D eigenvalue weighted by molar-refractivity contribution is 0.0958. The number of aryl methyl sites for hydroxylation is 1. The summed E-state index contributed by atoms with van der Waals surface area (Å²) in [6.45, 7) is 5.70. The molecule has 6 heteroatoms. The van der Waals surface area contributed by atoms with Gasteiger partial charge in [-0.25, -0.2) is 8.42 Å². The van der Waals surface area contributed by atoms with E-state index in [0.717, 1.165) is 5.56 Å². The summed E-state index contributed by atoms with van der Waals surface area (Å²) in [5.41, 5.74) is 1.73. The molecule has 2 rings (SSSR count). The number of amides is 1. The normalized spacial score (nSPS) is 10.9. The third-order valence-electron chi connectivity index (χ3n) is 3.62. The van der Waals surface area contributed by atoms with Crippen LogP contribution < -0.4 is 9.62 Å². The number of rotatable bonds is 6. The molecule has 24 heavy (non-hydrogen) atoms. The Balaban J connectivity index is 2.38. The van der Waals surface area contributed by atoms with Gasteiger partial charge in [0.05, 0.1) is 10.6 Å². The van der Waals surface area contributed by atoms with Gasteiger partial charge in [0.2, 0.25) is 0 Å². The van der Waals surface area contributed by atoms with Crippen molar-refractivity contribution in [3.8, 4) is 0 Å². The van der Waals surface area contributed by atoms with E-state index in [1.54, 1.807) is 30.3 Å². The maximum atomic E-state index is 12.9. The predicted octanol–water partition coefficient (Wildman–Crippen LogP) is 2.74. The summed E-state index contributed by atoms with van der Waals surface area (Å²) in [5.74, 6) is -0.342. The van der Waals surface area contributed by atoms with Gasteiger partial charge in [-0.15, -0.1) is 6.58 Å². The molecule has 0 spiro atoms. The first-order valence-corrected chi connectivity index (χ1v) is 8.85. The van der Waals surface area contributed by atoms with Crippen LogP contribution in [0, 0.1) is 6.92 Å². The summed E-state index contributed by atoms with van der Waals surface area (Å²) in [5, 5.41) is 2.63. The van der Waals surface area contributed by atoms with Gasteiger partial charge < -0.3 is 5.32 Å². The number of nitrogens with one attached hydrogen (secondary N) is 1. The predicted molar refractivity (Wildman–Crippen MR) is 95.7 cm³/mol. The highest BCUT2D eigenvalue weighted by Crippen LogP contribution is 2.25. The first-order chi connectivity index (χ1) is 11.4. The van der Waals surface area contributed by atoms with Gasteiger partial charge in [-0.05, 0) is 36.8 Å². The molecule has 2 aromatic carbocycles. The SMILES string of the molecule is C=CCNC(=O)c1cccc(S(=O)(=O)N(C)c2ccccc2C)c1. The molecular weight excluding hydrogens is 324 g/mol. The Kier molecular flexibility index (Phi) is 5.41. The van der Waals surface area contributed by atoms with E-state index in [-0.39, 0.29) is 16.4 Å². The quantitative estimate of drug-likeness (QED) is 0.820. The number of nitrogens with zero attached hydrogens (tertiary/aromatic N) is 1. The van der Waals surface area contributed by atoms with E-state index >= 15 is 0 Å². The highest BCUT2D eigenvalue weighted by atomic mass is 32.2. The molecule has 0 unspecified atom stereocenters. The minimum Gasteiger partial charge on any atom is -0.349 e. The Morgan fingerprint density at radius 2 is 1.92 bits per heavy atom. The van der Waals surface area contributed by atoms with E-state index in [9.17, 15) is 13.2 Å². The van der Waals surface area contributed by atoms with Gasteiger partial charge in [0.15, 0.2) is 0 Å². The van der Waals surface area contributed by atoms with E-state index in [1.165, 1.54) is 23.5 Å². The summed E-state index contributed by atoms with van der Waals surface area (Å²) < 4.78 is 26.9. The molecule has 1 N–H and O–H groups in total. The van der Waals surface area contributed by atoms with E-state index in [1.807, 2.05) is 19.1 Å². The number of anilines is 1. The van der Waals surface area contributed by atoms with E-state index in [0.29, 0.717) is 12.2 Å². The van der Waals surface area contributed by atoms with Gasteiger partial charge in [-0.3, -0.25) is 9.10 Å². The highest BCUT2D eigenvalue weighted by Gasteiger charge is 2.23. The van der Waals surface area contributed by atoms with Crippen molar-refractivity contribution in [2.75, 3.05) is 17.9 Å². The lowest BCUT2D eigenvalue weighted by atomic mass is 10.2. The Labute approximate surface area is 142 Å². The van der Waals surface area contributed by atoms with Gasteiger partial charge in [0, 0.05) is 19.2 Å². The molecule has 0 aliphatic rings. The zero-order valence-electron chi connectivity index (χ0n) is 13.7. The van der Waals surface area contributed by atoms with E-state index < -0.39 is 10.0 Å². The number of carbonyl (C=O) groups is 1. The molecule has 126 valence electrons. The fourth-order valence-electron chi connectivity index (χ4n) is 2.27. The lowest BCUT2D eigenvalue weighted by Gasteiger charge is -2.21. The summed E-state index contributed by atoms with van der Waals surface area (Å²) in [6.07, 6.45) is 1.56. The third kappa shape index (κ3) is 3.65. The van der Waals surface area contributed by atoms with Crippen LogP contribution in [-0.2, 0) is 10.0 Å². The standard InChI is InChI=1S/C18H20N2O3S/c1-4-12-19-18(21)15-9-7-10-16(13-15)24(22,23)20(3)17-11-6-5-8-14(17)2/h4-11,13H,1,12H2,2-3H3,(H,19,21). The number of sulfonamides is 1. The smallest absolute Gasteiger partial charge is 0.264 e. The van der Waals surface area contributed by atoms with Crippen molar-refractivity contribution in [2.24, 2.45) is 0 Å². The average molecular weight is 344 g/mol. The van der Waals surface area contributed by atoms with Crippen LogP contribution >= 0.6 is 0 Å². The summed E-state index contributed by atoms with van der Waals surface area (Å²) in [7, 11) is -2.26. The van der Waals surface area contributed by atoms with Gasteiger partial charge in [0.1, 0.15) is 0 Å². The van der Waals surface area contributed by atoms with Crippen LogP contribution in [0.2, 0.25) is 0 Å². The highest BCUT2D eigenvalue weighted by molar-refractivity contribution is 7.92. The van der Waals surface area contributed by atoms with Gasteiger partial charge in [-0.1, -0.05) is 30.3 Å². The maximum Gasteiger partial charge on any atom is 0.264 e. The van der Waals surface area contributed by atoms with Crippen LogP contribution in [0.1, 0.15) is 15.9 Å². The lowest BCUT2D eigenvalue weighted by Crippen LogP contribution is -2.28. The third-order valence-corrected chi connectivity index (χ3v) is 5.38. The molecule has 0 bridgehead atoms. The van der Waals surface area contributed by atoms with E-state index in [2.05, 4.69) is 11.9 Å². The summed E-state index contributed by atoms with van der Waals surface area (Å²) in [6, 6.07) is 13.2. The molecule has 0 heterocycles. The van der Waals surface area contributed by atoms with Crippen LogP contribution in [0.25, 0.3) is 0 Å². The Hall–Kier alpha value is -2.60. The number of carbonyl (C=O) groups excluding carboxylic acids is 1. The van der Waals surface area contributed by atoms with Crippen LogP contribution in [0.5, 0.6) is 0 Å². The molecule has 0 radical (unpaired) electrons. The molecule has 0 atom stereocenters. The maximum absolute atomic E-state index is 12.9. The second kappa shape index (κ2) is 7.31. The summed E-state index contributed by atoms with van der Waals surface area (Å²) >= 11 is 0. The Morgan fingerprint density at radius 3 is 2.58 bits per heavy atom. The fourth-order valence-corrected chi connectivity index (χ4v) is 3.58. The first kappa shape index (κ1) is 17.7. The van der Waals surface area contributed by atoms with Gasteiger partial charge in [0.25, 0.3) is 15.9 Å². The van der Waals surface area contributed by atoms with Crippen molar-refractivity contribution in [1.29, 1.82) is 0 Å². The monoisotopic (exact) mass is 344 g/mol. The van der Waals surface area contributed by atoms with Gasteiger partial charge in [-0.2, -0.15) is 0 Å². The van der Waals surface area contributed by atoms with Crippen molar-refractivity contribution in [2.45, 2.75) is 11.8 Å². The van der Waals surface area contributed by atoms with Gasteiger partial charge >= 0.3 is 0 Å². The van der Waals surface area contributed by atoms with E-state index in [4.69, 9.17) is 0 Å². The van der Waals surface area contributed by atoms with Crippen molar-refractivity contribution >= 4 is 21.6 Å². The molecule has 0 aliphatic heterocycles. The molecule has 0 fully saturated rings. The molecule has 2 aromatic rings. The molecular formula is C18H20N2O3S. The largest absolute Gasteiger partial charge is 0.349 e. The number of para-hydroxylation sites is 1. The minimum atomic E-state index is -3.76. The molecule has 0 saturated carbocycles. The molecule has 0 aromatic heterocycles. The number of hydrogen-bond acceptors (Lipinski definition) is 3. The van der Waals surface area contributed by atoms with Crippen LogP contribution in [0.15, 0.2) is 66.1 Å². The second-order valence-electron chi connectivity index (χ2n) is 5.29. The number of benzene rings is 2. The molecule has 5 nitrogen and oxygen atoms in total. The van der Waals surface area contributed by atoms with Crippen molar-refractivity contribution in [3.05, 3.63) is 72.3 Å². The Morgan fingerprint density at radius 1 is 1.21 bits per heavy atom. The van der Waals surface area contributed by atoms with Crippen LogP contribution in [0.4, 0.5) is 5.69 Å². The zero-order chi connectivity index (χ0) is 17.7. The first-order valence-electron chi connectivity index (χ1n) is 7.41. The second-order valence-corrected chi connectivity index (χ2v) is 7.25. The average Bonchev–Trinajstić information content (AvgIpc) is 2.59. The number of hydrogen-bond donors (Lipinski definition) is 1. The molecule has 0 saturated heterocycles. The van der Waals surface area contributed by atoms with Crippen molar-refractivity contribution in [3.63, 3.8) is 0 Å².